The lowest BCUT2D eigenvalue weighted by molar-refractivity contribution is 0.669. The molecule has 0 aliphatic heterocycles. The van der Waals surface area contributed by atoms with Gasteiger partial charge in [0.1, 0.15) is 22.3 Å². The van der Waals surface area contributed by atoms with E-state index >= 15 is 0 Å². The Bertz CT molecular complexity index is 8930. The highest BCUT2D eigenvalue weighted by Crippen LogP contribution is 2.49. The minimum absolute atomic E-state index is 0.579. The van der Waals surface area contributed by atoms with Gasteiger partial charge in [0.15, 0.2) is 34.9 Å². The molecule has 0 fully saturated rings. The third-order valence-corrected chi connectivity index (χ3v) is 26.1. The zero-order valence-corrected chi connectivity index (χ0v) is 73.6. The first-order valence-corrected chi connectivity index (χ1v) is 45.8. The Kier molecular flexibility index (Phi) is 20.0. The number of hydrogen-bond acceptors (Lipinski definition) is 8. The molecule has 10 heteroatoms. The molecule has 0 atom stereocenters. The second-order valence-corrected chi connectivity index (χ2v) is 34.3. The minimum atomic E-state index is 0.579. The molecule has 0 radical (unpaired) electrons. The fourth-order valence-corrected chi connectivity index (χ4v) is 19.7. The summed E-state index contributed by atoms with van der Waals surface area (Å²) in [5.41, 5.74) is 33.2. The van der Waals surface area contributed by atoms with E-state index in [1.807, 2.05) is 72.8 Å². The fourth-order valence-electron chi connectivity index (χ4n) is 19.7. The summed E-state index contributed by atoms with van der Waals surface area (Å²) in [5, 5.41) is 8.81. The third kappa shape index (κ3) is 14.6. The van der Waals surface area contributed by atoms with Gasteiger partial charge in [0.2, 0.25) is 0 Å². The topological polar surface area (TPSA) is 113 Å². The smallest absolute Gasteiger partial charge is 0.164 e. The summed E-state index contributed by atoms with van der Waals surface area (Å²) in [7, 11) is 0. The summed E-state index contributed by atoms with van der Waals surface area (Å²) < 4.78 is 18.2. The van der Waals surface area contributed by atoms with Gasteiger partial charge in [-0.2, -0.15) is 0 Å². The Morgan fingerprint density at radius 1 is 0.140 bits per heavy atom. The van der Waals surface area contributed by atoms with Crippen LogP contribution in [-0.2, 0) is 0 Å². The largest absolute Gasteiger partial charge is 0.456 e. The number of furan rings is 2. The van der Waals surface area contributed by atoms with Gasteiger partial charge in [0.05, 0.1) is 22.1 Å². The van der Waals surface area contributed by atoms with Crippen LogP contribution in [0.3, 0.4) is 0 Å². The van der Waals surface area contributed by atoms with Gasteiger partial charge in [0.25, 0.3) is 0 Å². The first kappa shape index (κ1) is 79.8. The fraction of sp³-hybridized carbons (Fsp3) is 0. The number of fused-ring (bicyclic) bond motifs is 12. The molecule has 0 unspecified atom stereocenters. The van der Waals surface area contributed by atoms with Gasteiger partial charge in [-0.25, -0.2) is 29.9 Å². The third-order valence-electron chi connectivity index (χ3n) is 26.1. The molecule has 0 saturated heterocycles. The molecule has 0 aliphatic rings. The van der Waals surface area contributed by atoms with Crippen LogP contribution in [0.4, 0.5) is 0 Å². The molecule has 6 aromatic heterocycles. The van der Waals surface area contributed by atoms with E-state index in [1.165, 1.54) is 33.0 Å². The second-order valence-electron chi connectivity index (χ2n) is 34.3. The van der Waals surface area contributed by atoms with Crippen molar-refractivity contribution in [3.63, 3.8) is 0 Å². The predicted molar refractivity (Wildman–Crippen MR) is 559 cm³/mol. The van der Waals surface area contributed by atoms with Crippen LogP contribution in [0.2, 0.25) is 0 Å². The van der Waals surface area contributed by atoms with Crippen LogP contribution in [0, 0.1) is 0 Å². The number of rotatable bonds is 16. The van der Waals surface area contributed by atoms with Crippen LogP contribution in [0.1, 0.15) is 0 Å². The summed E-state index contributed by atoms with van der Waals surface area (Å²) in [6.07, 6.45) is 0. The Morgan fingerprint density at radius 3 is 0.853 bits per heavy atom. The van der Waals surface area contributed by atoms with Crippen LogP contribution in [-0.4, -0.2) is 39.0 Å². The van der Waals surface area contributed by atoms with Crippen molar-refractivity contribution in [3.8, 4) is 169 Å². The quantitative estimate of drug-likeness (QED) is 0.0940. The van der Waals surface area contributed by atoms with Gasteiger partial charge in [-0.05, 0) is 192 Å². The predicted octanol–water partition coefficient (Wildman–Crippen LogP) is 33.1. The SMILES string of the molecule is c1ccc(-c2nc(-c3ccccc3)nc(-c3cc(-c4ccc(-c5ccccc5)c(-c5ccccc5)c4)ccc3-c3ccc4oc5cc6c7ccccc7n(-c7ccccc7)c6cc5c4c3)n2)cc1.c1ccc(-c2nc(-c3ccccc3)nc(-c3cc(-c4ccc(-c5ccccc5)c(-c5ccccc5)c4)ccc3-c3cccc4oc5cc6c7ccccc7n(-c7ccccc7)c6cc5c34)n2)cc1. The molecule has 0 amide bonds. The molecule has 636 valence electrons. The molecule has 136 heavy (non-hydrogen) atoms. The molecule has 0 saturated carbocycles. The Labute approximate surface area is 784 Å². The monoisotopic (exact) mass is 1740 g/mol. The molecule has 6 heterocycles. The van der Waals surface area contributed by atoms with Crippen LogP contribution in [0.15, 0.2) is 494 Å². The number of para-hydroxylation sites is 4. The van der Waals surface area contributed by atoms with Crippen molar-refractivity contribution in [1.29, 1.82) is 0 Å². The van der Waals surface area contributed by atoms with Gasteiger partial charge < -0.3 is 18.0 Å². The van der Waals surface area contributed by atoms with Crippen molar-refractivity contribution < 1.29 is 8.83 Å². The average Bonchev–Trinajstić information content (AvgIpc) is 1.57. The van der Waals surface area contributed by atoms with E-state index < -0.39 is 0 Å². The molecule has 0 bridgehead atoms. The Morgan fingerprint density at radius 2 is 0.441 bits per heavy atom. The number of hydrogen-bond donors (Lipinski definition) is 0. The first-order valence-electron chi connectivity index (χ1n) is 45.8. The normalized spacial score (nSPS) is 11.5. The molecular formula is C126H80N8O2. The maximum atomic E-state index is 6.83. The molecular weight excluding hydrogens is 1660 g/mol. The molecule has 0 spiro atoms. The number of benzene rings is 20. The minimum Gasteiger partial charge on any atom is -0.456 e. The van der Waals surface area contributed by atoms with Gasteiger partial charge >= 0.3 is 0 Å². The molecule has 0 N–H and O–H groups in total. The van der Waals surface area contributed by atoms with Gasteiger partial charge in [-0.15, -0.1) is 0 Å². The summed E-state index contributed by atoms with van der Waals surface area (Å²) in [4.78, 5) is 31.4. The van der Waals surface area contributed by atoms with Gasteiger partial charge in [0, 0.05) is 87.8 Å². The van der Waals surface area contributed by atoms with E-state index in [-0.39, 0.29) is 0 Å². The molecule has 10 nitrogen and oxygen atoms in total. The highest BCUT2D eigenvalue weighted by atomic mass is 16.3. The maximum Gasteiger partial charge on any atom is 0.164 e. The number of nitrogens with zero attached hydrogens (tertiary/aromatic N) is 8. The highest BCUT2D eigenvalue weighted by Gasteiger charge is 2.27. The molecule has 26 aromatic rings. The van der Waals surface area contributed by atoms with Crippen LogP contribution < -0.4 is 0 Å². The van der Waals surface area contributed by atoms with Crippen molar-refractivity contribution in [2.45, 2.75) is 0 Å². The first-order chi connectivity index (χ1) is 67.4. The van der Waals surface area contributed by atoms with Gasteiger partial charge in [-0.3, -0.25) is 0 Å². The van der Waals surface area contributed by atoms with Gasteiger partial charge in [-0.1, -0.05) is 382 Å². The average molecular weight is 1740 g/mol. The van der Waals surface area contributed by atoms with Crippen molar-refractivity contribution in [3.05, 3.63) is 485 Å². The van der Waals surface area contributed by atoms with E-state index in [9.17, 15) is 0 Å². The molecule has 26 rings (SSSR count). The Hall–Kier alpha value is -18.4. The Balaban J connectivity index is 0.000000145. The summed E-state index contributed by atoms with van der Waals surface area (Å²) in [6, 6.07) is 170. The summed E-state index contributed by atoms with van der Waals surface area (Å²) in [5.74, 6) is 3.59. The second kappa shape index (κ2) is 34.2. The molecule has 0 aliphatic carbocycles. The lowest BCUT2D eigenvalue weighted by atomic mass is 9.89. The molecule has 20 aromatic carbocycles. The van der Waals surface area contributed by atoms with Crippen molar-refractivity contribution in [2.75, 3.05) is 0 Å². The van der Waals surface area contributed by atoms with Crippen LogP contribution >= 0.6 is 0 Å². The lowest BCUT2D eigenvalue weighted by Gasteiger charge is -2.16. The van der Waals surface area contributed by atoms with E-state index in [4.69, 9.17) is 38.7 Å². The standard InChI is InChI=1S/2C63H40N4O/c1-6-19-41(20-7-1)48-35-33-45(37-52(48)42-21-8-2-9-22-42)46-34-36-49(54(38-46)63-65-61(43-23-10-3-11-24-43)64-62(66-63)44-25-12-4-13-26-44)51-30-18-32-58-60(51)55-39-57-53(40-59(55)68-58)50-29-16-17-31-56(50)67(57)47-27-14-5-15-28-47;1-6-18-41(19-7-1)49-33-30-45(36-52(49)42-20-8-2-9-21-42)46-31-34-50(56(37-46)63-65-61(43-22-10-3-11-23-43)64-62(66-63)44-24-12-4-13-25-44)47-32-35-59-54(38-47)55-39-58-53(40-60(55)68-59)51-28-16-17-29-57(51)67(58)48-26-14-5-15-27-48/h2*1-40H. The van der Waals surface area contributed by atoms with E-state index in [1.54, 1.807) is 0 Å². The van der Waals surface area contributed by atoms with Crippen molar-refractivity contribution in [1.82, 2.24) is 39.0 Å². The highest BCUT2D eigenvalue weighted by molar-refractivity contribution is 6.21. The zero-order valence-electron chi connectivity index (χ0n) is 73.6. The summed E-state index contributed by atoms with van der Waals surface area (Å²) >= 11 is 0. The maximum absolute atomic E-state index is 6.83. The van der Waals surface area contributed by atoms with E-state index in [0.717, 1.165) is 188 Å². The van der Waals surface area contributed by atoms with Crippen molar-refractivity contribution in [2.24, 2.45) is 0 Å². The lowest BCUT2D eigenvalue weighted by Crippen LogP contribution is -2.01. The van der Waals surface area contributed by atoms with Crippen LogP contribution in [0.5, 0.6) is 0 Å². The zero-order chi connectivity index (χ0) is 89.9. The van der Waals surface area contributed by atoms with Crippen molar-refractivity contribution >= 4 is 87.5 Å². The summed E-state index contributed by atoms with van der Waals surface area (Å²) in [6.45, 7) is 0. The van der Waals surface area contributed by atoms with E-state index in [2.05, 4.69) is 422 Å². The van der Waals surface area contributed by atoms with E-state index in [0.29, 0.717) is 34.9 Å². The number of aromatic nitrogens is 8. The van der Waals surface area contributed by atoms with Crippen LogP contribution in [0.25, 0.3) is 256 Å².